The third-order valence-corrected chi connectivity index (χ3v) is 13.7. The summed E-state index contributed by atoms with van der Waals surface area (Å²) in [5, 5.41) is 44.4. The second-order valence-corrected chi connectivity index (χ2v) is 18.0. The monoisotopic (exact) mass is 945 g/mol. The number of aliphatic hydroxyl groups excluding tert-OH is 3. The summed E-state index contributed by atoms with van der Waals surface area (Å²) in [4.78, 5) is 23.2. The highest BCUT2D eigenvalue weighted by Gasteiger charge is 2.65. The van der Waals surface area contributed by atoms with E-state index in [2.05, 4.69) is 36.9 Å². The van der Waals surface area contributed by atoms with E-state index in [0.717, 1.165) is 53.5 Å². The Hall–Kier alpha value is -6.59. The SMILES string of the molecule is C=CCOC12Oc3ccc(Oc4ccc(-c5ccccc5)cc4)cc3C3C(CCCCO)C(CCCCO)C=C(C(=NOCc4ccccc4)CC1N(CCOCCO)C(=O)c1ccc(C#N)cc1)C32. The van der Waals surface area contributed by atoms with E-state index >= 15 is 4.79 Å². The molecule has 5 aromatic carbocycles. The Morgan fingerprint density at radius 1 is 0.829 bits per heavy atom. The van der Waals surface area contributed by atoms with E-state index in [9.17, 15) is 20.6 Å². The summed E-state index contributed by atoms with van der Waals surface area (Å²) in [5.74, 6) is -0.768. The van der Waals surface area contributed by atoms with Crippen LogP contribution in [0.4, 0.5) is 0 Å². The Kier molecular flexibility index (Phi) is 17.3. The number of unbranched alkanes of at least 4 members (excludes halogenated alkanes) is 2. The molecule has 70 heavy (non-hydrogen) atoms. The molecule has 1 amide bonds. The van der Waals surface area contributed by atoms with Gasteiger partial charge in [-0.15, -0.1) is 6.58 Å². The van der Waals surface area contributed by atoms with Crippen LogP contribution < -0.4 is 9.47 Å². The lowest BCUT2D eigenvalue weighted by Crippen LogP contribution is -2.70. The summed E-state index contributed by atoms with van der Waals surface area (Å²) >= 11 is 0. The Bertz CT molecular complexity index is 2600. The van der Waals surface area contributed by atoms with Gasteiger partial charge in [0, 0.05) is 43.2 Å². The minimum absolute atomic E-state index is 0.00504. The smallest absolute Gasteiger partial charge is 0.254 e. The van der Waals surface area contributed by atoms with Gasteiger partial charge in [-0.2, -0.15) is 5.26 Å². The second kappa shape index (κ2) is 24.3. The molecule has 1 aliphatic heterocycles. The van der Waals surface area contributed by atoms with Gasteiger partial charge in [-0.3, -0.25) is 4.79 Å². The minimum atomic E-state index is -1.52. The van der Waals surface area contributed by atoms with E-state index in [0.29, 0.717) is 46.9 Å². The first-order chi connectivity index (χ1) is 34.4. The van der Waals surface area contributed by atoms with Crippen molar-refractivity contribution in [2.75, 3.05) is 46.2 Å². The number of fused-ring (bicyclic) bond motifs is 2. The number of carbonyl (C=O) groups is 1. The number of benzene rings is 5. The quantitative estimate of drug-likeness (QED) is 0.0308. The Morgan fingerprint density at radius 3 is 2.23 bits per heavy atom. The van der Waals surface area contributed by atoms with Gasteiger partial charge in [-0.25, -0.2) is 0 Å². The van der Waals surface area contributed by atoms with E-state index in [1.54, 1.807) is 35.2 Å². The summed E-state index contributed by atoms with van der Waals surface area (Å²) in [5.41, 5.74) is 6.39. The van der Waals surface area contributed by atoms with Gasteiger partial charge >= 0.3 is 0 Å². The van der Waals surface area contributed by atoms with Crippen molar-refractivity contribution >= 4 is 11.6 Å². The lowest BCUT2D eigenvalue weighted by molar-refractivity contribution is -0.254. The lowest BCUT2D eigenvalue weighted by Gasteiger charge is -2.60. The average molecular weight is 946 g/mol. The molecule has 1 heterocycles. The van der Waals surface area contributed by atoms with Crippen LogP contribution in [0.2, 0.25) is 0 Å². The molecule has 2 aliphatic carbocycles. The molecule has 0 saturated heterocycles. The molecule has 6 unspecified atom stereocenters. The molecule has 1 saturated carbocycles. The minimum Gasteiger partial charge on any atom is -0.459 e. The molecule has 3 aliphatic rings. The number of nitrogens with zero attached hydrogens (tertiary/aromatic N) is 3. The topological polar surface area (TPSA) is 163 Å². The molecule has 12 heteroatoms. The van der Waals surface area contributed by atoms with Crippen molar-refractivity contribution in [2.45, 2.75) is 69.3 Å². The molecule has 8 rings (SSSR count). The molecule has 0 aromatic heterocycles. The molecule has 6 atom stereocenters. The number of amides is 1. The Morgan fingerprint density at radius 2 is 1.53 bits per heavy atom. The normalized spacial score (nSPS) is 21.6. The van der Waals surface area contributed by atoms with Crippen LogP contribution >= 0.6 is 0 Å². The summed E-state index contributed by atoms with van der Waals surface area (Å²) in [6.07, 6.45) is 8.58. The number of oxime groups is 1. The van der Waals surface area contributed by atoms with Crippen molar-refractivity contribution in [3.8, 4) is 34.4 Å². The van der Waals surface area contributed by atoms with E-state index in [1.165, 1.54) is 0 Å². The zero-order chi connectivity index (χ0) is 48.7. The number of ether oxygens (including phenoxy) is 4. The summed E-state index contributed by atoms with van der Waals surface area (Å²) in [6, 6.07) is 41.8. The van der Waals surface area contributed by atoms with Crippen LogP contribution in [0.5, 0.6) is 17.2 Å². The predicted molar refractivity (Wildman–Crippen MR) is 268 cm³/mol. The van der Waals surface area contributed by atoms with E-state index in [-0.39, 0.29) is 82.9 Å². The number of aliphatic hydroxyl groups is 3. The molecule has 0 spiro atoms. The Balaban J connectivity index is 1.31. The number of hydrogen-bond acceptors (Lipinski definition) is 11. The van der Waals surface area contributed by atoms with Gasteiger partial charge in [0.15, 0.2) is 0 Å². The fraction of sp³-hybridized carbons (Fsp3) is 0.362. The van der Waals surface area contributed by atoms with Gasteiger partial charge in [-0.05, 0) is 114 Å². The highest BCUT2D eigenvalue weighted by atomic mass is 16.7. The lowest BCUT2D eigenvalue weighted by atomic mass is 9.55. The molecule has 12 nitrogen and oxygen atoms in total. The summed E-state index contributed by atoms with van der Waals surface area (Å²) in [7, 11) is 0. The maximum atomic E-state index is 15.2. The average Bonchev–Trinajstić information content (AvgIpc) is 3.40. The fourth-order valence-corrected chi connectivity index (χ4v) is 10.5. The molecular formula is C58H63N3O9. The van der Waals surface area contributed by atoms with Crippen LogP contribution in [-0.4, -0.2) is 89.9 Å². The first-order valence-electron chi connectivity index (χ1n) is 24.5. The number of nitriles is 1. The van der Waals surface area contributed by atoms with Crippen LogP contribution in [0.25, 0.3) is 11.1 Å². The van der Waals surface area contributed by atoms with Crippen molar-refractivity contribution in [3.05, 3.63) is 174 Å². The van der Waals surface area contributed by atoms with Crippen LogP contribution in [0, 0.1) is 29.1 Å². The highest BCUT2D eigenvalue weighted by Crippen LogP contribution is 2.62. The van der Waals surface area contributed by atoms with Gasteiger partial charge in [0.05, 0.1) is 49.7 Å². The number of carbonyl (C=O) groups excluding carboxylic acids is 1. The standard InChI is InChI=1S/C58H63N3O9/c1-2-33-67-58-54(61(29-34-66-35-32-64)57(65)45-21-19-41(39-59)20-22-45)38-52(60-68-40-42-13-5-3-6-14-42)50-36-46(17-9-11-30-62)49(18-10-12-31-63)55(56(50)58)51-37-48(27-28-53(51)70-58)69-47-25-23-44(24-26-47)43-15-7-4-8-16-43/h2-8,13-16,19-28,36-37,46,49,54-56,62-64H,1,9-12,17-18,29-35,38,40H2. The summed E-state index contributed by atoms with van der Waals surface area (Å²) < 4.78 is 27.1. The van der Waals surface area contributed by atoms with Crippen molar-refractivity contribution in [3.63, 3.8) is 0 Å². The van der Waals surface area contributed by atoms with E-state index in [4.69, 9.17) is 28.9 Å². The number of allylic oxidation sites excluding steroid dienone is 1. The van der Waals surface area contributed by atoms with E-state index < -0.39 is 17.7 Å². The molecule has 3 N–H and O–H groups in total. The molecule has 5 aromatic rings. The van der Waals surface area contributed by atoms with Gasteiger partial charge in [0.25, 0.3) is 5.91 Å². The zero-order valence-electron chi connectivity index (χ0n) is 39.6. The number of hydrogen-bond donors (Lipinski definition) is 3. The van der Waals surface area contributed by atoms with Crippen LogP contribution in [0.1, 0.15) is 77.9 Å². The van der Waals surface area contributed by atoms with Crippen molar-refractivity contribution in [1.82, 2.24) is 4.90 Å². The molecule has 0 bridgehead atoms. The van der Waals surface area contributed by atoms with Crippen molar-refractivity contribution < 1.29 is 43.9 Å². The fourth-order valence-electron chi connectivity index (χ4n) is 10.5. The first-order valence-corrected chi connectivity index (χ1v) is 24.5. The highest BCUT2D eigenvalue weighted by molar-refractivity contribution is 6.03. The van der Waals surface area contributed by atoms with Crippen LogP contribution in [0.15, 0.2) is 157 Å². The van der Waals surface area contributed by atoms with Crippen LogP contribution in [0.3, 0.4) is 0 Å². The predicted octanol–water partition coefficient (Wildman–Crippen LogP) is 10.0. The summed E-state index contributed by atoms with van der Waals surface area (Å²) in [6.45, 7) is 4.62. The Labute approximate surface area is 411 Å². The number of rotatable bonds is 24. The van der Waals surface area contributed by atoms with Gasteiger partial charge in [0.1, 0.15) is 29.9 Å². The largest absolute Gasteiger partial charge is 0.459 e. The maximum Gasteiger partial charge on any atom is 0.254 e. The van der Waals surface area contributed by atoms with Crippen molar-refractivity contribution in [1.29, 1.82) is 5.26 Å². The molecule has 1 fully saturated rings. The molecule has 364 valence electrons. The van der Waals surface area contributed by atoms with Crippen molar-refractivity contribution in [2.24, 2.45) is 22.9 Å². The van der Waals surface area contributed by atoms with Crippen LogP contribution in [-0.2, 0) is 20.9 Å². The third kappa shape index (κ3) is 11.4. The van der Waals surface area contributed by atoms with Gasteiger partial charge in [0.2, 0.25) is 5.79 Å². The first kappa shape index (κ1) is 49.8. The van der Waals surface area contributed by atoms with Gasteiger partial charge in [-0.1, -0.05) is 103 Å². The second-order valence-electron chi connectivity index (χ2n) is 18.0. The zero-order valence-corrected chi connectivity index (χ0v) is 39.6. The van der Waals surface area contributed by atoms with Gasteiger partial charge < -0.3 is 44.0 Å². The van der Waals surface area contributed by atoms with E-state index in [1.807, 2.05) is 84.9 Å². The third-order valence-electron chi connectivity index (χ3n) is 13.7. The molecular weight excluding hydrogens is 883 g/mol. The molecule has 0 radical (unpaired) electrons. The maximum absolute atomic E-state index is 15.2.